The number of ketones is 1. The molecule has 0 aliphatic rings. The first-order valence-electron chi connectivity index (χ1n) is 6.02. The summed E-state index contributed by atoms with van der Waals surface area (Å²) in [7, 11) is -0.183. The van der Waals surface area contributed by atoms with E-state index in [0.717, 1.165) is 12.1 Å². The molecule has 0 N–H and O–H groups in total. The highest BCUT2D eigenvalue weighted by Gasteiger charge is 2.19. The van der Waals surface area contributed by atoms with Crippen LogP contribution >= 0.6 is 0 Å². The lowest BCUT2D eigenvalue weighted by molar-refractivity contribution is 0.101. The molecule has 0 saturated carbocycles. The zero-order valence-electron chi connectivity index (χ0n) is 11.1. The van der Waals surface area contributed by atoms with Crippen LogP contribution in [0, 0.1) is 11.6 Å². The second-order valence-corrected chi connectivity index (χ2v) is 5.64. The van der Waals surface area contributed by atoms with Crippen LogP contribution in [0.5, 0.6) is 5.75 Å². The first kappa shape index (κ1) is 15.3. The monoisotopic (exact) mass is 310 g/mol. The van der Waals surface area contributed by atoms with Gasteiger partial charge in [-0.05, 0) is 36.4 Å². The molecule has 1 atom stereocenters. The molecule has 0 fully saturated rings. The summed E-state index contributed by atoms with van der Waals surface area (Å²) in [5.41, 5.74) is -0.653. The van der Waals surface area contributed by atoms with Crippen molar-refractivity contribution in [2.24, 2.45) is 0 Å². The Morgan fingerprint density at radius 2 is 1.67 bits per heavy atom. The van der Waals surface area contributed by atoms with Crippen molar-refractivity contribution in [3.8, 4) is 5.75 Å². The number of hydrogen-bond acceptors (Lipinski definition) is 3. The number of rotatable bonds is 5. The summed E-state index contributed by atoms with van der Waals surface area (Å²) in [5.74, 6) is -2.63. The molecule has 0 saturated heterocycles. The first-order chi connectivity index (χ1) is 10.0. The van der Waals surface area contributed by atoms with Gasteiger partial charge in [-0.2, -0.15) is 0 Å². The Morgan fingerprint density at radius 3 is 2.19 bits per heavy atom. The SMILES string of the molecule is COc1ccc(S(=O)CC(=O)c2c(F)cccc2F)cc1. The van der Waals surface area contributed by atoms with Crippen LogP contribution in [0.3, 0.4) is 0 Å². The molecule has 0 aliphatic heterocycles. The summed E-state index contributed by atoms with van der Waals surface area (Å²) >= 11 is 0. The molecule has 2 rings (SSSR count). The van der Waals surface area contributed by atoms with Crippen LogP contribution in [0.25, 0.3) is 0 Å². The molecule has 0 spiro atoms. The minimum atomic E-state index is -1.68. The maximum Gasteiger partial charge on any atom is 0.181 e. The molecule has 0 bridgehead atoms. The summed E-state index contributed by atoms with van der Waals surface area (Å²) in [5, 5.41) is 0. The molecule has 1 unspecified atom stereocenters. The highest BCUT2D eigenvalue weighted by molar-refractivity contribution is 7.85. The van der Waals surface area contributed by atoms with Crippen LogP contribution in [-0.4, -0.2) is 22.9 Å². The van der Waals surface area contributed by atoms with E-state index < -0.39 is 39.5 Å². The quantitative estimate of drug-likeness (QED) is 0.798. The lowest BCUT2D eigenvalue weighted by Crippen LogP contribution is -2.14. The third-order valence-electron chi connectivity index (χ3n) is 2.83. The lowest BCUT2D eigenvalue weighted by Gasteiger charge is -2.05. The summed E-state index contributed by atoms with van der Waals surface area (Å²) in [6.45, 7) is 0. The average Bonchev–Trinajstić information content (AvgIpc) is 2.47. The van der Waals surface area contributed by atoms with Crippen LogP contribution < -0.4 is 4.74 Å². The van der Waals surface area contributed by atoms with Crippen LogP contribution in [-0.2, 0) is 10.8 Å². The predicted molar refractivity (Wildman–Crippen MR) is 75.0 cm³/mol. The van der Waals surface area contributed by atoms with E-state index in [1.165, 1.54) is 13.2 Å². The standard InChI is InChI=1S/C15H12F2O3S/c1-20-10-5-7-11(8-6-10)21(19)9-14(18)15-12(16)3-2-4-13(15)17/h2-8H,9H2,1H3. The smallest absolute Gasteiger partial charge is 0.181 e. The Balaban J connectivity index is 2.17. The van der Waals surface area contributed by atoms with Crippen molar-refractivity contribution >= 4 is 16.6 Å². The fraction of sp³-hybridized carbons (Fsp3) is 0.133. The van der Waals surface area contributed by atoms with E-state index in [-0.39, 0.29) is 0 Å². The number of carbonyl (C=O) groups is 1. The minimum Gasteiger partial charge on any atom is -0.497 e. The van der Waals surface area contributed by atoms with Gasteiger partial charge in [-0.3, -0.25) is 9.00 Å². The van der Waals surface area contributed by atoms with Crippen LogP contribution in [0.1, 0.15) is 10.4 Å². The third kappa shape index (κ3) is 3.52. The highest BCUT2D eigenvalue weighted by Crippen LogP contribution is 2.17. The number of methoxy groups -OCH3 is 1. The van der Waals surface area contributed by atoms with Crippen molar-refractivity contribution in [1.82, 2.24) is 0 Å². The molecule has 6 heteroatoms. The normalized spacial score (nSPS) is 12.0. The maximum atomic E-state index is 13.5. The fourth-order valence-corrected chi connectivity index (χ4v) is 2.76. The molecule has 0 radical (unpaired) electrons. The van der Waals surface area contributed by atoms with Gasteiger partial charge in [-0.15, -0.1) is 0 Å². The van der Waals surface area contributed by atoms with Gasteiger partial charge in [0.1, 0.15) is 17.4 Å². The van der Waals surface area contributed by atoms with E-state index in [4.69, 9.17) is 4.74 Å². The molecule has 2 aromatic carbocycles. The van der Waals surface area contributed by atoms with E-state index in [1.54, 1.807) is 24.3 Å². The number of halogens is 2. The highest BCUT2D eigenvalue weighted by atomic mass is 32.2. The van der Waals surface area contributed by atoms with Crippen LogP contribution in [0.15, 0.2) is 47.4 Å². The van der Waals surface area contributed by atoms with E-state index in [9.17, 15) is 17.8 Å². The summed E-state index contributed by atoms with van der Waals surface area (Å²) < 4.78 is 44.0. The van der Waals surface area contributed by atoms with Gasteiger partial charge in [0, 0.05) is 4.90 Å². The maximum absolute atomic E-state index is 13.5. The van der Waals surface area contributed by atoms with Gasteiger partial charge in [0.2, 0.25) is 0 Å². The number of Topliss-reactive ketones (excluding diaryl/α,β-unsaturated/α-hetero) is 1. The molecule has 3 nitrogen and oxygen atoms in total. The Labute approximate surface area is 123 Å². The van der Waals surface area contributed by atoms with Gasteiger partial charge in [-0.1, -0.05) is 6.07 Å². The van der Waals surface area contributed by atoms with E-state index in [2.05, 4.69) is 0 Å². The third-order valence-corrected chi connectivity index (χ3v) is 4.15. The van der Waals surface area contributed by atoms with E-state index in [0.29, 0.717) is 10.6 Å². The number of hydrogen-bond donors (Lipinski definition) is 0. The van der Waals surface area contributed by atoms with Gasteiger partial charge in [-0.25, -0.2) is 8.78 Å². The summed E-state index contributed by atoms with van der Waals surface area (Å²) in [6, 6.07) is 9.43. The zero-order valence-corrected chi connectivity index (χ0v) is 12.0. The van der Waals surface area contributed by atoms with Crippen LogP contribution in [0.2, 0.25) is 0 Å². The second kappa shape index (κ2) is 6.58. The topological polar surface area (TPSA) is 43.4 Å². The van der Waals surface area contributed by atoms with Gasteiger partial charge in [0.05, 0.1) is 29.2 Å². The molecule has 0 heterocycles. The Kier molecular flexibility index (Phi) is 4.80. The first-order valence-corrected chi connectivity index (χ1v) is 7.34. The Morgan fingerprint density at radius 1 is 1.10 bits per heavy atom. The molecule has 0 aliphatic carbocycles. The van der Waals surface area contributed by atoms with E-state index in [1.807, 2.05) is 0 Å². The predicted octanol–water partition coefficient (Wildman–Crippen LogP) is 2.96. The number of carbonyl (C=O) groups excluding carboxylic acids is 1. The lowest BCUT2D eigenvalue weighted by atomic mass is 10.1. The fourth-order valence-electron chi connectivity index (χ4n) is 1.77. The average molecular weight is 310 g/mol. The van der Waals surface area contributed by atoms with Gasteiger partial charge in [0.25, 0.3) is 0 Å². The molecular formula is C15H12F2O3S. The van der Waals surface area contributed by atoms with Gasteiger partial charge >= 0.3 is 0 Å². The largest absolute Gasteiger partial charge is 0.497 e. The number of ether oxygens (including phenoxy) is 1. The summed E-state index contributed by atoms with van der Waals surface area (Å²) in [4.78, 5) is 12.3. The van der Waals surface area contributed by atoms with Gasteiger partial charge < -0.3 is 4.74 Å². The minimum absolute atomic E-state index is 0.390. The molecule has 2 aromatic rings. The molecule has 0 amide bonds. The van der Waals surface area contributed by atoms with Crippen molar-refractivity contribution in [1.29, 1.82) is 0 Å². The Bertz CT molecular complexity index is 664. The van der Waals surface area contributed by atoms with Crippen molar-refractivity contribution in [3.05, 3.63) is 59.7 Å². The molecular weight excluding hydrogens is 298 g/mol. The molecule has 0 aromatic heterocycles. The van der Waals surface area contributed by atoms with Crippen molar-refractivity contribution in [2.75, 3.05) is 12.9 Å². The molecule has 21 heavy (non-hydrogen) atoms. The second-order valence-electron chi connectivity index (χ2n) is 4.19. The van der Waals surface area contributed by atoms with Crippen LogP contribution in [0.4, 0.5) is 8.78 Å². The zero-order chi connectivity index (χ0) is 15.4. The van der Waals surface area contributed by atoms with E-state index >= 15 is 0 Å². The van der Waals surface area contributed by atoms with Crippen molar-refractivity contribution in [3.63, 3.8) is 0 Å². The van der Waals surface area contributed by atoms with Crippen molar-refractivity contribution < 1.29 is 22.5 Å². The molecule has 110 valence electrons. The Hall–Kier alpha value is -2.08. The van der Waals surface area contributed by atoms with Crippen molar-refractivity contribution in [2.45, 2.75) is 4.90 Å². The summed E-state index contributed by atoms with van der Waals surface area (Å²) in [6.07, 6.45) is 0. The van der Waals surface area contributed by atoms with Gasteiger partial charge in [0.15, 0.2) is 5.78 Å². The number of benzene rings is 2.